The number of rotatable bonds is 5. The lowest BCUT2D eigenvalue weighted by atomic mass is 10.00. The normalized spacial score (nSPS) is 30.7. The van der Waals surface area contributed by atoms with Gasteiger partial charge in [-0.1, -0.05) is 0 Å². The minimum Gasteiger partial charge on any atom is -0.463 e. The molecule has 0 spiro atoms. The van der Waals surface area contributed by atoms with E-state index in [-0.39, 0.29) is 13.2 Å². The summed E-state index contributed by atoms with van der Waals surface area (Å²) in [5.74, 6) is -0.835. The van der Waals surface area contributed by atoms with Crippen LogP contribution in [0.3, 0.4) is 0 Å². The first kappa shape index (κ1) is 15.9. The molecule has 1 aliphatic heterocycles. The third-order valence-corrected chi connectivity index (χ3v) is 2.86. The Labute approximate surface area is 112 Å². The predicted octanol–water partition coefficient (Wildman–Crippen LogP) is -0.0900. The number of methoxy groups -OCH3 is 2. The summed E-state index contributed by atoms with van der Waals surface area (Å²) < 4.78 is 26.2. The van der Waals surface area contributed by atoms with E-state index >= 15 is 0 Å². The van der Waals surface area contributed by atoms with E-state index in [1.165, 1.54) is 28.1 Å². The van der Waals surface area contributed by atoms with Crippen molar-refractivity contribution in [1.82, 2.24) is 0 Å². The van der Waals surface area contributed by atoms with Gasteiger partial charge < -0.3 is 23.7 Å². The number of hydrogen-bond acceptors (Lipinski definition) is 7. The topological polar surface area (TPSA) is 80.3 Å². The maximum Gasteiger partial charge on any atom is 0.303 e. The van der Waals surface area contributed by atoms with E-state index in [0.717, 1.165) is 0 Å². The molecule has 0 amide bonds. The summed E-state index contributed by atoms with van der Waals surface area (Å²) in [6.45, 7) is 2.91. The van der Waals surface area contributed by atoms with E-state index in [0.29, 0.717) is 0 Å². The molecular formula is C12H20O7. The van der Waals surface area contributed by atoms with Crippen LogP contribution in [0.25, 0.3) is 0 Å². The van der Waals surface area contributed by atoms with Crippen LogP contribution >= 0.6 is 0 Å². The highest BCUT2D eigenvalue weighted by atomic mass is 16.6. The first-order chi connectivity index (χ1) is 8.99. The van der Waals surface area contributed by atoms with E-state index in [9.17, 15) is 9.59 Å². The van der Waals surface area contributed by atoms with Gasteiger partial charge in [-0.3, -0.25) is 9.59 Å². The van der Waals surface area contributed by atoms with E-state index in [1.54, 1.807) is 0 Å². The lowest BCUT2D eigenvalue weighted by molar-refractivity contribution is -0.225. The van der Waals surface area contributed by atoms with Crippen LogP contribution in [0.1, 0.15) is 13.8 Å². The molecule has 4 atom stereocenters. The van der Waals surface area contributed by atoms with Gasteiger partial charge in [-0.15, -0.1) is 0 Å². The van der Waals surface area contributed by atoms with Crippen LogP contribution in [-0.4, -0.2) is 63.8 Å². The maximum absolute atomic E-state index is 11.1. The maximum atomic E-state index is 11.1. The van der Waals surface area contributed by atoms with Crippen LogP contribution in [-0.2, 0) is 33.3 Å². The van der Waals surface area contributed by atoms with Crippen LogP contribution in [0.4, 0.5) is 0 Å². The molecule has 0 aliphatic carbocycles. The highest BCUT2D eigenvalue weighted by Crippen LogP contribution is 2.23. The number of hydrogen-bond donors (Lipinski definition) is 0. The van der Waals surface area contributed by atoms with Gasteiger partial charge in [-0.05, 0) is 0 Å². The number of esters is 2. The molecular weight excluding hydrogens is 256 g/mol. The summed E-state index contributed by atoms with van der Waals surface area (Å²) in [4.78, 5) is 22.0. The standard InChI is InChI=1S/C12H20O7/c1-7(13)17-6-10-11(16-4)12(19-8(2)14)9(15-3)5-18-10/h9-12H,5-6H2,1-4H3/t9-,10-,11-,12-/m1/s1. The molecule has 1 aliphatic rings. The zero-order valence-corrected chi connectivity index (χ0v) is 11.6. The molecule has 1 heterocycles. The first-order valence-electron chi connectivity index (χ1n) is 5.97. The van der Waals surface area contributed by atoms with Gasteiger partial charge in [0.2, 0.25) is 0 Å². The molecule has 0 bridgehead atoms. The quantitative estimate of drug-likeness (QED) is 0.649. The minimum absolute atomic E-state index is 0.0437. The Morgan fingerprint density at radius 1 is 1.11 bits per heavy atom. The highest BCUT2D eigenvalue weighted by Gasteiger charge is 2.43. The van der Waals surface area contributed by atoms with Gasteiger partial charge in [-0.25, -0.2) is 0 Å². The molecule has 0 unspecified atom stereocenters. The molecule has 19 heavy (non-hydrogen) atoms. The van der Waals surface area contributed by atoms with Crippen molar-refractivity contribution >= 4 is 11.9 Å². The second kappa shape index (κ2) is 7.42. The van der Waals surface area contributed by atoms with Crippen molar-refractivity contribution in [3.8, 4) is 0 Å². The van der Waals surface area contributed by atoms with Gasteiger partial charge in [0.25, 0.3) is 0 Å². The molecule has 1 rings (SSSR count). The second-order valence-corrected chi connectivity index (χ2v) is 4.22. The van der Waals surface area contributed by atoms with Gasteiger partial charge in [0.1, 0.15) is 24.9 Å². The summed E-state index contributed by atoms with van der Waals surface area (Å²) in [6.07, 6.45) is -2.06. The van der Waals surface area contributed by atoms with Crippen LogP contribution in [0.5, 0.6) is 0 Å². The first-order valence-corrected chi connectivity index (χ1v) is 5.97. The number of carbonyl (C=O) groups excluding carboxylic acids is 2. The van der Waals surface area contributed by atoms with E-state index in [2.05, 4.69) is 0 Å². The Bertz CT molecular complexity index is 317. The van der Waals surface area contributed by atoms with E-state index in [1.807, 2.05) is 0 Å². The minimum atomic E-state index is -0.596. The summed E-state index contributed by atoms with van der Waals surface area (Å²) in [5.41, 5.74) is 0. The van der Waals surface area contributed by atoms with Gasteiger partial charge >= 0.3 is 11.9 Å². The Morgan fingerprint density at radius 3 is 2.26 bits per heavy atom. The molecule has 0 aromatic heterocycles. The summed E-state index contributed by atoms with van der Waals surface area (Å²) >= 11 is 0. The van der Waals surface area contributed by atoms with Gasteiger partial charge in [0, 0.05) is 28.1 Å². The highest BCUT2D eigenvalue weighted by molar-refractivity contribution is 5.66. The fourth-order valence-corrected chi connectivity index (χ4v) is 2.00. The molecule has 0 aromatic rings. The van der Waals surface area contributed by atoms with Crippen LogP contribution in [0.2, 0.25) is 0 Å². The number of ether oxygens (including phenoxy) is 5. The third-order valence-electron chi connectivity index (χ3n) is 2.86. The fraction of sp³-hybridized carbons (Fsp3) is 0.833. The summed E-state index contributed by atoms with van der Waals surface area (Å²) in [5, 5.41) is 0. The Kier molecular flexibility index (Phi) is 6.20. The largest absolute Gasteiger partial charge is 0.463 e. The van der Waals surface area contributed by atoms with Crippen LogP contribution in [0.15, 0.2) is 0 Å². The fourth-order valence-electron chi connectivity index (χ4n) is 2.00. The molecule has 7 heteroatoms. The zero-order valence-electron chi connectivity index (χ0n) is 11.6. The Balaban J connectivity index is 2.75. The smallest absolute Gasteiger partial charge is 0.303 e. The van der Waals surface area contributed by atoms with Crippen molar-refractivity contribution in [1.29, 1.82) is 0 Å². The molecule has 0 saturated carbocycles. The predicted molar refractivity (Wildman–Crippen MR) is 63.5 cm³/mol. The molecule has 7 nitrogen and oxygen atoms in total. The molecule has 0 N–H and O–H groups in total. The molecule has 0 radical (unpaired) electrons. The van der Waals surface area contributed by atoms with Crippen molar-refractivity contribution < 1.29 is 33.3 Å². The Morgan fingerprint density at radius 2 is 1.79 bits per heavy atom. The van der Waals surface area contributed by atoms with Crippen molar-refractivity contribution in [3.63, 3.8) is 0 Å². The van der Waals surface area contributed by atoms with Crippen LogP contribution in [0, 0.1) is 0 Å². The van der Waals surface area contributed by atoms with Crippen molar-refractivity contribution in [2.24, 2.45) is 0 Å². The lowest BCUT2D eigenvalue weighted by Gasteiger charge is -2.40. The van der Waals surface area contributed by atoms with Gasteiger partial charge in [0.15, 0.2) is 6.10 Å². The molecule has 110 valence electrons. The van der Waals surface area contributed by atoms with E-state index in [4.69, 9.17) is 23.7 Å². The average Bonchev–Trinajstić information content (AvgIpc) is 2.35. The van der Waals surface area contributed by atoms with Gasteiger partial charge in [-0.2, -0.15) is 0 Å². The SMILES string of the molecule is CO[C@H]1[C@H](OC(C)=O)[C@H](OC)CO[C@@H]1COC(C)=O. The molecule has 0 aromatic carbocycles. The number of carbonyl (C=O) groups is 2. The second-order valence-electron chi connectivity index (χ2n) is 4.22. The average molecular weight is 276 g/mol. The molecule has 1 saturated heterocycles. The van der Waals surface area contributed by atoms with Crippen molar-refractivity contribution in [3.05, 3.63) is 0 Å². The summed E-state index contributed by atoms with van der Waals surface area (Å²) in [7, 11) is 2.98. The molecule has 1 fully saturated rings. The summed E-state index contributed by atoms with van der Waals surface area (Å²) in [6, 6.07) is 0. The van der Waals surface area contributed by atoms with E-state index < -0.39 is 36.4 Å². The van der Waals surface area contributed by atoms with Crippen molar-refractivity contribution in [2.75, 3.05) is 27.4 Å². The van der Waals surface area contributed by atoms with Crippen LogP contribution < -0.4 is 0 Å². The monoisotopic (exact) mass is 276 g/mol. The van der Waals surface area contributed by atoms with Gasteiger partial charge in [0.05, 0.1) is 6.61 Å². The Hall–Kier alpha value is -1.18. The lowest BCUT2D eigenvalue weighted by Crippen LogP contribution is -2.57. The zero-order chi connectivity index (χ0) is 14.4. The third kappa shape index (κ3) is 4.45. The van der Waals surface area contributed by atoms with Crippen molar-refractivity contribution in [2.45, 2.75) is 38.3 Å².